The number of esters is 4. The van der Waals surface area contributed by atoms with Crippen molar-refractivity contribution in [2.24, 2.45) is 0 Å². The Morgan fingerprint density at radius 2 is 0.519 bits per heavy atom. The zero-order valence-electron chi connectivity index (χ0n) is 65.8. The lowest BCUT2D eigenvalue weighted by molar-refractivity contribution is -0.161. The van der Waals surface area contributed by atoms with Crippen LogP contribution in [0.5, 0.6) is 0 Å². The first kappa shape index (κ1) is 100. The van der Waals surface area contributed by atoms with E-state index in [0.29, 0.717) is 38.5 Å². The number of unbranched alkanes of at least 4 members (excludes halogenated alkanes) is 20. The van der Waals surface area contributed by atoms with E-state index in [0.717, 1.165) is 148 Å². The van der Waals surface area contributed by atoms with E-state index in [1.54, 1.807) is 0 Å². The summed E-state index contributed by atoms with van der Waals surface area (Å²) < 4.78 is 68.5. The highest BCUT2D eigenvalue weighted by atomic mass is 31.2. The van der Waals surface area contributed by atoms with Gasteiger partial charge in [-0.25, -0.2) is 9.13 Å². The molecule has 0 saturated carbocycles. The largest absolute Gasteiger partial charge is 0.472 e. The molecular formula is C87H142O17P2. The van der Waals surface area contributed by atoms with Crippen molar-refractivity contribution >= 4 is 39.5 Å². The number of rotatable bonds is 74. The van der Waals surface area contributed by atoms with E-state index in [1.165, 1.54) is 57.8 Å². The summed E-state index contributed by atoms with van der Waals surface area (Å²) in [5.74, 6) is -2.38. The van der Waals surface area contributed by atoms with Crippen LogP contribution in [0.2, 0.25) is 0 Å². The summed E-state index contributed by atoms with van der Waals surface area (Å²) in [5.41, 5.74) is 0. The highest BCUT2D eigenvalue weighted by Gasteiger charge is 2.30. The molecule has 0 rings (SSSR count). The summed E-state index contributed by atoms with van der Waals surface area (Å²) in [6.07, 6.45) is 92.1. The molecule has 0 spiro atoms. The highest BCUT2D eigenvalue weighted by Crippen LogP contribution is 2.45. The van der Waals surface area contributed by atoms with Crippen LogP contribution in [-0.4, -0.2) is 96.7 Å². The van der Waals surface area contributed by atoms with Crippen LogP contribution in [0, 0.1) is 0 Å². The molecule has 0 aliphatic carbocycles. The molecule has 2 unspecified atom stereocenters. The van der Waals surface area contributed by atoms with Gasteiger partial charge in [-0.05, 0) is 167 Å². The van der Waals surface area contributed by atoms with Crippen LogP contribution in [0.25, 0.3) is 0 Å². The van der Waals surface area contributed by atoms with Crippen molar-refractivity contribution < 1.29 is 80.2 Å². The van der Waals surface area contributed by atoms with Gasteiger partial charge in [-0.3, -0.25) is 37.3 Å². The van der Waals surface area contributed by atoms with Gasteiger partial charge < -0.3 is 33.8 Å². The molecule has 0 aromatic rings. The number of aliphatic hydroxyl groups is 1. The molecule has 3 N–H and O–H groups in total. The standard InChI is InChI=1S/C87H142O17P2/c1-5-9-13-17-21-25-29-33-37-39-40-42-45-48-52-56-60-64-68-72-85(90)98-78-83(104-87(92)74-70-66-62-58-54-50-46-41-38-34-30-26-22-18-14-10-6-2)80-102-106(95,96)100-76-81(88)75-99-105(93,94)101-79-82(103-86(91)73-69-65-61-57-53-49-44-36-32-28-24-20-16-12-8-4)77-97-84(89)71-67-63-59-55-51-47-43-35-31-27-23-19-15-11-7-3/h9,13,21-28,33-38,40,42-44,46,48,50,52,58,60,62,64,81-83,88H,5-8,10-12,14-20,29-32,39,41,45,47,49,51,53-57,59,61,63,65-80H2,1-4H3,(H,93,94)(H,95,96)/b13-9-,25-21-,26-22-,27-23-,28-24-,37-33-,38-34-,42-40-,43-35-,44-36-,50-46-,52-48-,62-58-,64-60-/t81-,82+,83+/m0/s1. The van der Waals surface area contributed by atoms with Crippen LogP contribution in [0.4, 0.5) is 0 Å². The zero-order chi connectivity index (χ0) is 77.4. The average Bonchev–Trinajstić information content (AvgIpc) is 0.902. The van der Waals surface area contributed by atoms with Gasteiger partial charge in [-0.15, -0.1) is 0 Å². The van der Waals surface area contributed by atoms with Crippen molar-refractivity contribution in [2.75, 3.05) is 39.6 Å². The molecule has 106 heavy (non-hydrogen) atoms. The molecule has 19 heteroatoms. The number of carbonyl (C=O) groups excluding carboxylic acids is 4. The van der Waals surface area contributed by atoms with Gasteiger partial charge in [0.2, 0.25) is 0 Å². The van der Waals surface area contributed by atoms with Gasteiger partial charge in [0.05, 0.1) is 26.4 Å². The number of carbonyl (C=O) groups is 4. The van der Waals surface area contributed by atoms with E-state index in [1.807, 2.05) is 30.4 Å². The fraction of sp³-hybridized carbons (Fsp3) is 0.632. The number of aliphatic hydroxyl groups excluding tert-OH is 1. The highest BCUT2D eigenvalue weighted by molar-refractivity contribution is 7.47. The summed E-state index contributed by atoms with van der Waals surface area (Å²) >= 11 is 0. The number of phosphoric acid groups is 2. The van der Waals surface area contributed by atoms with Crippen molar-refractivity contribution in [1.29, 1.82) is 0 Å². The van der Waals surface area contributed by atoms with Crippen LogP contribution in [0.3, 0.4) is 0 Å². The predicted octanol–water partition coefficient (Wildman–Crippen LogP) is 23.8. The third-order valence-electron chi connectivity index (χ3n) is 16.1. The maximum Gasteiger partial charge on any atom is 0.472 e. The summed E-state index contributed by atoms with van der Waals surface area (Å²) in [6.45, 7) is 4.49. The normalized spacial score (nSPS) is 14.7. The van der Waals surface area contributed by atoms with E-state index in [-0.39, 0.29) is 25.7 Å². The minimum Gasteiger partial charge on any atom is -0.462 e. The average molecular weight is 1520 g/mol. The van der Waals surface area contributed by atoms with E-state index in [4.69, 9.17) is 37.0 Å². The molecule has 0 aliphatic rings. The fourth-order valence-corrected chi connectivity index (χ4v) is 11.6. The summed E-state index contributed by atoms with van der Waals surface area (Å²) in [6, 6.07) is 0. The number of phosphoric ester groups is 2. The van der Waals surface area contributed by atoms with Gasteiger partial charge in [-0.2, -0.15) is 0 Å². The predicted molar refractivity (Wildman–Crippen MR) is 436 cm³/mol. The topological polar surface area (TPSA) is 237 Å². The lowest BCUT2D eigenvalue weighted by Gasteiger charge is -2.21. The Labute approximate surface area is 642 Å². The molecular weight excluding hydrogens is 1380 g/mol. The van der Waals surface area contributed by atoms with Crippen LogP contribution >= 0.6 is 15.6 Å². The monoisotopic (exact) mass is 1520 g/mol. The molecule has 0 aromatic heterocycles. The Bertz CT molecular complexity index is 2680. The van der Waals surface area contributed by atoms with Crippen molar-refractivity contribution in [3.63, 3.8) is 0 Å². The van der Waals surface area contributed by atoms with E-state index in [2.05, 4.69) is 167 Å². The number of ether oxygens (including phenoxy) is 4. The van der Waals surface area contributed by atoms with Gasteiger partial charge in [0.15, 0.2) is 12.2 Å². The molecule has 0 heterocycles. The fourth-order valence-electron chi connectivity index (χ4n) is 10.0. The molecule has 0 radical (unpaired) electrons. The molecule has 0 saturated heterocycles. The second-order valence-electron chi connectivity index (χ2n) is 26.3. The van der Waals surface area contributed by atoms with Crippen molar-refractivity contribution in [2.45, 2.75) is 316 Å². The molecule has 0 fully saturated rings. The lowest BCUT2D eigenvalue weighted by atomic mass is 10.1. The molecule has 0 amide bonds. The van der Waals surface area contributed by atoms with Gasteiger partial charge in [-0.1, -0.05) is 275 Å². The molecule has 0 aromatic carbocycles. The second-order valence-corrected chi connectivity index (χ2v) is 29.2. The van der Waals surface area contributed by atoms with E-state index >= 15 is 0 Å². The lowest BCUT2D eigenvalue weighted by Crippen LogP contribution is -2.30. The first-order valence-electron chi connectivity index (χ1n) is 40.4. The summed E-state index contributed by atoms with van der Waals surface area (Å²) in [5, 5.41) is 10.6. The summed E-state index contributed by atoms with van der Waals surface area (Å²) in [4.78, 5) is 73.0. The minimum absolute atomic E-state index is 0.00347. The Morgan fingerprint density at radius 1 is 0.274 bits per heavy atom. The Balaban J connectivity index is 5.53. The van der Waals surface area contributed by atoms with Crippen molar-refractivity contribution in [3.8, 4) is 0 Å². The third kappa shape index (κ3) is 76.6. The molecule has 0 aliphatic heterocycles. The zero-order valence-corrected chi connectivity index (χ0v) is 67.6. The number of hydrogen-bond acceptors (Lipinski definition) is 15. The van der Waals surface area contributed by atoms with Gasteiger partial charge in [0.25, 0.3) is 0 Å². The van der Waals surface area contributed by atoms with Gasteiger partial charge >= 0.3 is 39.5 Å². The Hall–Kier alpha value is -5.58. The Kier molecular flexibility index (Phi) is 73.5. The molecule has 602 valence electrons. The minimum atomic E-state index is -5.02. The SMILES string of the molecule is CC/C=C\C/C=C\C/C=C\C/C=C\C/C=C\C/C=C\CCC(=O)OC[C@H](COP(=O)(O)OC[C@@H](O)COP(=O)(O)OC[C@@H](COC(=O)CCCCCCC/C=C\C/C=C\CCCCC)OC(=O)CCCCCCC/C=C\C/C=C\CCCCC)OC(=O)CCC/C=C\C/C=C\C/C=C\C/C=C\CCCCC. The molecule has 5 atom stereocenters. The first-order chi connectivity index (χ1) is 51.7. The van der Waals surface area contributed by atoms with E-state index < -0.39 is 97.5 Å². The maximum atomic E-state index is 13.1. The third-order valence-corrected chi connectivity index (χ3v) is 18.0. The molecule has 0 bridgehead atoms. The van der Waals surface area contributed by atoms with Gasteiger partial charge in [0, 0.05) is 25.7 Å². The van der Waals surface area contributed by atoms with E-state index in [9.17, 15) is 43.2 Å². The number of allylic oxidation sites excluding steroid dienone is 28. The first-order valence-corrected chi connectivity index (χ1v) is 43.4. The van der Waals surface area contributed by atoms with Crippen molar-refractivity contribution in [3.05, 3.63) is 170 Å². The quantitative estimate of drug-likeness (QED) is 0.0169. The van der Waals surface area contributed by atoms with Crippen molar-refractivity contribution in [1.82, 2.24) is 0 Å². The van der Waals surface area contributed by atoms with Crippen LogP contribution in [0.1, 0.15) is 297 Å². The second kappa shape index (κ2) is 77.6. The Morgan fingerprint density at radius 3 is 0.849 bits per heavy atom. The maximum absolute atomic E-state index is 13.1. The number of hydrogen-bond donors (Lipinski definition) is 3. The van der Waals surface area contributed by atoms with Gasteiger partial charge in [0.1, 0.15) is 19.3 Å². The summed E-state index contributed by atoms with van der Waals surface area (Å²) in [7, 11) is -10.0. The van der Waals surface area contributed by atoms with Crippen LogP contribution < -0.4 is 0 Å². The molecule has 17 nitrogen and oxygen atoms in total. The smallest absolute Gasteiger partial charge is 0.462 e. The van der Waals surface area contributed by atoms with Crippen LogP contribution in [0.15, 0.2) is 170 Å². The van der Waals surface area contributed by atoms with Crippen LogP contribution in [-0.2, 0) is 65.4 Å².